The first-order valence-corrected chi connectivity index (χ1v) is 8.82. The van der Waals surface area contributed by atoms with Crippen molar-refractivity contribution in [3.63, 3.8) is 0 Å². The number of hydrogen-bond acceptors (Lipinski definition) is 7. The molecule has 1 aromatic carbocycles. The van der Waals surface area contributed by atoms with E-state index in [0.29, 0.717) is 18.1 Å². The molecule has 3 rings (SSSR count). The second-order valence-electron chi connectivity index (χ2n) is 6.59. The number of aromatic nitrogens is 2. The van der Waals surface area contributed by atoms with Crippen molar-refractivity contribution in [2.45, 2.75) is 19.9 Å². The van der Waals surface area contributed by atoms with E-state index in [1.165, 1.54) is 15.8 Å². The number of anilines is 1. The van der Waals surface area contributed by atoms with E-state index in [2.05, 4.69) is 15.3 Å². The van der Waals surface area contributed by atoms with E-state index in [0.717, 1.165) is 37.6 Å². The van der Waals surface area contributed by atoms with Gasteiger partial charge in [0.25, 0.3) is 0 Å². The Morgan fingerprint density at radius 2 is 1.93 bits per heavy atom. The van der Waals surface area contributed by atoms with Gasteiger partial charge in [0.15, 0.2) is 11.5 Å². The number of fused-ring (bicyclic) bond motifs is 1. The van der Waals surface area contributed by atoms with E-state index in [4.69, 9.17) is 9.47 Å². The Kier molecular flexibility index (Phi) is 5.50. The minimum atomic E-state index is -0.387. The lowest BCUT2D eigenvalue weighted by molar-refractivity contribution is -0.384. The van der Waals surface area contributed by atoms with Gasteiger partial charge in [0, 0.05) is 33.2 Å². The highest BCUT2D eigenvalue weighted by Crippen LogP contribution is 2.33. The average Bonchev–Trinajstić information content (AvgIpc) is 2.93. The summed E-state index contributed by atoms with van der Waals surface area (Å²) in [4.78, 5) is 13.2. The molecule has 9 heteroatoms. The third-order valence-corrected chi connectivity index (χ3v) is 4.89. The van der Waals surface area contributed by atoms with Gasteiger partial charge in [-0.25, -0.2) is 4.68 Å². The van der Waals surface area contributed by atoms with E-state index in [1.54, 1.807) is 28.2 Å². The largest absolute Gasteiger partial charge is 0.493 e. The summed E-state index contributed by atoms with van der Waals surface area (Å²) in [6.07, 6.45) is 0.931. The number of nitro groups is 1. The molecule has 9 nitrogen and oxygen atoms in total. The van der Waals surface area contributed by atoms with Crippen molar-refractivity contribution in [2.24, 2.45) is 7.05 Å². The van der Waals surface area contributed by atoms with E-state index < -0.39 is 0 Å². The maximum atomic E-state index is 11.3. The van der Waals surface area contributed by atoms with E-state index >= 15 is 0 Å². The first-order chi connectivity index (χ1) is 12.9. The summed E-state index contributed by atoms with van der Waals surface area (Å²) in [5.74, 6) is 1.93. The van der Waals surface area contributed by atoms with Crippen molar-refractivity contribution in [1.29, 1.82) is 0 Å². The van der Waals surface area contributed by atoms with Gasteiger partial charge >= 0.3 is 5.69 Å². The zero-order chi connectivity index (χ0) is 19.6. The van der Waals surface area contributed by atoms with Gasteiger partial charge in [-0.2, -0.15) is 5.10 Å². The van der Waals surface area contributed by atoms with Gasteiger partial charge in [-0.3, -0.25) is 15.0 Å². The number of aryl methyl sites for hydroxylation is 2. The van der Waals surface area contributed by atoms with Crippen LogP contribution >= 0.6 is 0 Å². The minimum absolute atomic E-state index is 0.0401. The zero-order valence-electron chi connectivity index (χ0n) is 16.1. The second-order valence-corrected chi connectivity index (χ2v) is 6.59. The van der Waals surface area contributed by atoms with Crippen LogP contribution < -0.4 is 14.8 Å². The standard InChI is InChI=1S/C18H25N5O4/c1-12-17(23(24)25)18(21(2)20-12)19-6-8-22-7-5-13-9-15(26-3)16(27-4)10-14(13)11-22/h9-10,19H,5-8,11H2,1-4H3. The zero-order valence-corrected chi connectivity index (χ0v) is 16.1. The summed E-state index contributed by atoms with van der Waals surface area (Å²) in [5.41, 5.74) is 2.95. The molecule has 0 atom stereocenters. The highest BCUT2D eigenvalue weighted by molar-refractivity contribution is 5.59. The molecule has 27 heavy (non-hydrogen) atoms. The molecular formula is C18H25N5O4. The Labute approximate surface area is 158 Å². The number of ether oxygens (including phenoxy) is 2. The topological polar surface area (TPSA) is 94.7 Å². The van der Waals surface area contributed by atoms with Gasteiger partial charge in [-0.05, 0) is 36.6 Å². The molecule has 0 saturated carbocycles. The first kappa shape index (κ1) is 19.0. The van der Waals surface area contributed by atoms with Gasteiger partial charge in [-0.1, -0.05) is 0 Å². The SMILES string of the molecule is COc1cc2c(cc1OC)CN(CCNc1c([N+](=O)[O-])c(C)nn1C)CC2. The first-order valence-electron chi connectivity index (χ1n) is 8.82. The normalized spacial score (nSPS) is 13.9. The van der Waals surface area contributed by atoms with Crippen LogP contribution in [0.5, 0.6) is 11.5 Å². The molecule has 1 N–H and O–H groups in total. The molecule has 2 aromatic rings. The lowest BCUT2D eigenvalue weighted by Gasteiger charge is -2.29. The van der Waals surface area contributed by atoms with Gasteiger partial charge in [0.2, 0.25) is 5.82 Å². The Morgan fingerprint density at radius 3 is 2.56 bits per heavy atom. The number of nitrogens with zero attached hydrogens (tertiary/aromatic N) is 4. The van der Waals surface area contributed by atoms with Crippen molar-refractivity contribution in [1.82, 2.24) is 14.7 Å². The molecule has 2 heterocycles. The summed E-state index contributed by atoms with van der Waals surface area (Å²) >= 11 is 0. The van der Waals surface area contributed by atoms with E-state index in [9.17, 15) is 10.1 Å². The molecule has 0 bridgehead atoms. The molecule has 0 unspecified atom stereocenters. The number of rotatable bonds is 7. The van der Waals surface area contributed by atoms with Crippen LogP contribution in [0.3, 0.4) is 0 Å². The van der Waals surface area contributed by atoms with Crippen LogP contribution in [-0.2, 0) is 20.0 Å². The van der Waals surface area contributed by atoms with Crippen molar-refractivity contribution in [2.75, 3.05) is 39.2 Å². The Morgan fingerprint density at radius 1 is 1.26 bits per heavy atom. The van der Waals surface area contributed by atoms with Crippen LogP contribution in [0.2, 0.25) is 0 Å². The highest BCUT2D eigenvalue weighted by atomic mass is 16.6. The van der Waals surface area contributed by atoms with E-state index in [1.807, 2.05) is 12.1 Å². The molecular weight excluding hydrogens is 350 g/mol. The van der Waals surface area contributed by atoms with Gasteiger partial charge in [0.05, 0.1) is 19.1 Å². The molecule has 146 valence electrons. The third-order valence-electron chi connectivity index (χ3n) is 4.89. The molecule has 0 radical (unpaired) electrons. The average molecular weight is 375 g/mol. The molecule has 0 amide bonds. The number of nitrogens with one attached hydrogen (secondary N) is 1. The summed E-state index contributed by atoms with van der Waals surface area (Å²) < 4.78 is 12.3. The number of benzene rings is 1. The summed E-state index contributed by atoms with van der Waals surface area (Å²) in [7, 11) is 4.99. The van der Waals surface area contributed by atoms with Crippen LogP contribution in [-0.4, -0.2) is 53.5 Å². The maximum absolute atomic E-state index is 11.3. The minimum Gasteiger partial charge on any atom is -0.493 e. The van der Waals surface area contributed by atoms with Crippen LogP contribution in [0.4, 0.5) is 11.5 Å². The molecule has 1 aromatic heterocycles. The maximum Gasteiger partial charge on any atom is 0.333 e. The quantitative estimate of drug-likeness (QED) is 0.585. The Bertz CT molecular complexity index is 849. The number of hydrogen-bond donors (Lipinski definition) is 1. The smallest absolute Gasteiger partial charge is 0.333 e. The Balaban J connectivity index is 1.64. The number of methoxy groups -OCH3 is 2. The Hall–Kier alpha value is -2.81. The monoisotopic (exact) mass is 375 g/mol. The van der Waals surface area contributed by atoms with E-state index in [-0.39, 0.29) is 10.6 Å². The molecule has 1 aliphatic heterocycles. The highest BCUT2D eigenvalue weighted by Gasteiger charge is 2.24. The molecule has 1 aliphatic rings. The van der Waals surface area contributed by atoms with Gasteiger partial charge in [-0.15, -0.1) is 0 Å². The van der Waals surface area contributed by atoms with Crippen molar-refractivity contribution in [3.8, 4) is 11.5 Å². The van der Waals surface area contributed by atoms with Crippen molar-refractivity contribution in [3.05, 3.63) is 39.1 Å². The van der Waals surface area contributed by atoms with Crippen LogP contribution in [0.15, 0.2) is 12.1 Å². The summed E-state index contributed by atoms with van der Waals surface area (Å²) in [5, 5.41) is 18.6. The van der Waals surface area contributed by atoms with Gasteiger partial charge in [0.1, 0.15) is 5.69 Å². The molecule has 0 spiro atoms. The fraction of sp³-hybridized carbons (Fsp3) is 0.500. The van der Waals surface area contributed by atoms with Crippen LogP contribution in [0.25, 0.3) is 0 Å². The summed E-state index contributed by atoms with van der Waals surface area (Å²) in [6.45, 7) is 4.75. The van der Waals surface area contributed by atoms with Crippen LogP contribution in [0, 0.1) is 17.0 Å². The lowest BCUT2D eigenvalue weighted by Crippen LogP contribution is -2.34. The van der Waals surface area contributed by atoms with Crippen molar-refractivity contribution < 1.29 is 14.4 Å². The molecule has 0 fully saturated rings. The fourth-order valence-corrected chi connectivity index (χ4v) is 3.53. The predicted molar refractivity (Wildman–Crippen MR) is 102 cm³/mol. The fourth-order valence-electron chi connectivity index (χ4n) is 3.53. The second kappa shape index (κ2) is 7.83. The predicted octanol–water partition coefficient (Wildman–Crippen LogP) is 2.12. The lowest BCUT2D eigenvalue weighted by atomic mass is 9.99. The van der Waals surface area contributed by atoms with Crippen molar-refractivity contribution >= 4 is 11.5 Å². The van der Waals surface area contributed by atoms with Gasteiger partial charge < -0.3 is 14.8 Å². The van der Waals surface area contributed by atoms with Crippen LogP contribution in [0.1, 0.15) is 16.8 Å². The summed E-state index contributed by atoms with van der Waals surface area (Å²) in [6, 6.07) is 4.08. The third kappa shape index (κ3) is 3.82. The molecule has 0 saturated heterocycles. The molecule has 0 aliphatic carbocycles.